The zero-order valence-electron chi connectivity index (χ0n) is 10.7. The largest absolute Gasteiger partial charge is 0.454 e. The van der Waals surface area contributed by atoms with E-state index in [9.17, 15) is 0 Å². The van der Waals surface area contributed by atoms with E-state index in [0.29, 0.717) is 22.2 Å². The number of benzene rings is 1. The molecule has 0 N–H and O–H groups in total. The lowest BCUT2D eigenvalue weighted by Gasteiger charge is -2.11. The summed E-state index contributed by atoms with van der Waals surface area (Å²) >= 11 is 11.7. The van der Waals surface area contributed by atoms with Crippen LogP contribution in [0.3, 0.4) is 0 Å². The molecule has 19 heavy (non-hydrogen) atoms. The smallest absolute Gasteiger partial charge is 0.168 e. The van der Waals surface area contributed by atoms with Crippen molar-refractivity contribution in [2.45, 2.75) is 25.6 Å². The lowest BCUT2D eigenvalue weighted by molar-refractivity contribution is 0.470. The van der Waals surface area contributed by atoms with Crippen molar-refractivity contribution < 1.29 is 4.74 Å². The monoisotopic (exact) mass is 296 g/mol. The molecular formula is C14H14Cl2N2O. The van der Waals surface area contributed by atoms with Crippen molar-refractivity contribution in [3.63, 3.8) is 0 Å². The van der Waals surface area contributed by atoms with E-state index in [1.807, 2.05) is 13.8 Å². The van der Waals surface area contributed by atoms with Crippen molar-refractivity contribution in [3.8, 4) is 11.5 Å². The highest BCUT2D eigenvalue weighted by Gasteiger charge is 2.10. The predicted octanol–water partition coefficient (Wildman–Crippen LogP) is 4.78. The molecule has 0 bridgehead atoms. The van der Waals surface area contributed by atoms with E-state index in [1.54, 1.807) is 30.5 Å². The van der Waals surface area contributed by atoms with Crippen molar-refractivity contribution in [3.05, 3.63) is 47.0 Å². The molecule has 0 saturated carbocycles. The van der Waals surface area contributed by atoms with Crippen LogP contribution in [0.15, 0.2) is 30.5 Å². The standard InChI is InChI=1S/C14H14Cl2N2O/c1-9(2)14-17-8-13(12(7-15)18-14)19-11-5-3-10(16)4-6-11/h3-6,8-9H,7H2,1-2H3. The van der Waals surface area contributed by atoms with Crippen molar-refractivity contribution in [2.24, 2.45) is 0 Å². The summed E-state index contributed by atoms with van der Waals surface area (Å²) in [5.41, 5.74) is 0.690. The summed E-state index contributed by atoms with van der Waals surface area (Å²) in [6, 6.07) is 7.11. The Morgan fingerprint density at radius 2 is 1.89 bits per heavy atom. The van der Waals surface area contributed by atoms with Gasteiger partial charge in [-0.25, -0.2) is 9.97 Å². The minimum atomic E-state index is 0.256. The van der Waals surface area contributed by atoms with Crippen LogP contribution in [0, 0.1) is 0 Å². The van der Waals surface area contributed by atoms with Crippen LogP contribution >= 0.6 is 23.2 Å². The molecule has 2 rings (SSSR count). The van der Waals surface area contributed by atoms with Crippen LogP contribution in [-0.4, -0.2) is 9.97 Å². The van der Waals surface area contributed by atoms with Crippen LogP contribution in [0.1, 0.15) is 31.3 Å². The van der Waals surface area contributed by atoms with E-state index in [4.69, 9.17) is 27.9 Å². The van der Waals surface area contributed by atoms with E-state index < -0.39 is 0 Å². The summed E-state index contributed by atoms with van der Waals surface area (Å²) in [7, 11) is 0. The lowest BCUT2D eigenvalue weighted by atomic mass is 10.2. The fraction of sp³-hybridized carbons (Fsp3) is 0.286. The highest BCUT2D eigenvalue weighted by atomic mass is 35.5. The first-order chi connectivity index (χ1) is 9.10. The average Bonchev–Trinajstić information content (AvgIpc) is 2.41. The van der Waals surface area contributed by atoms with Gasteiger partial charge in [0.25, 0.3) is 0 Å². The van der Waals surface area contributed by atoms with E-state index in [0.717, 1.165) is 5.82 Å². The van der Waals surface area contributed by atoms with Crippen LogP contribution < -0.4 is 4.74 Å². The van der Waals surface area contributed by atoms with Gasteiger partial charge in [0, 0.05) is 10.9 Å². The van der Waals surface area contributed by atoms with Gasteiger partial charge in [0.2, 0.25) is 0 Å². The number of halogens is 2. The third kappa shape index (κ3) is 3.58. The quantitative estimate of drug-likeness (QED) is 0.761. The highest BCUT2D eigenvalue weighted by molar-refractivity contribution is 6.30. The molecule has 1 aromatic carbocycles. The average molecular weight is 297 g/mol. The van der Waals surface area contributed by atoms with Crippen LogP contribution in [0.25, 0.3) is 0 Å². The molecule has 0 unspecified atom stereocenters. The number of aromatic nitrogens is 2. The van der Waals surface area contributed by atoms with Crippen molar-refractivity contribution in [2.75, 3.05) is 0 Å². The van der Waals surface area contributed by atoms with Crippen LogP contribution in [-0.2, 0) is 5.88 Å². The predicted molar refractivity (Wildman–Crippen MR) is 77.2 cm³/mol. The minimum absolute atomic E-state index is 0.256. The van der Waals surface area contributed by atoms with Gasteiger partial charge < -0.3 is 4.74 Å². The number of rotatable bonds is 4. The number of hydrogen-bond donors (Lipinski definition) is 0. The molecule has 1 aromatic heterocycles. The zero-order chi connectivity index (χ0) is 13.8. The summed E-state index contributed by atoms with van der Waals surface area (Å²) in [6.07, 6.45) is 1.66. The van der Waals surface area contributed by atoms with E-state index >= 15 is 0 Å². The summed E-state index contributed by atoms with van der Waals surface area (Å²) in [4.78, 5) is 8.69. The molecule has 0 aliphatic rings. The Balaban J connectivity index is 2.27. The Morgan fingerprint density at radius 3 is 2.47 bits per heavy atom. The summed E-state index contributed by atoms with van der Waals surface area (Å²) < 4.78 is 5.72. The van der Waals surface area contributed by atoms with Crippen molar-refractivity contribution >= 4 is 23.2 Å². The number of hydrogen-bond acceptors (Lipinski definition) is 3. The van der Waals surface area contributed by atoms with E-state index in [2.05, 4.69) is 9.97 Å². The van der Waals surface area contributed by atoms with Crippen LogP contribution in [0.4, 0.5) is 0 Å². The molecule has 2 aromatic rings. The third-order valence-electron chi connectivity index (χ3n) is 2.53. The van der Waals surface area contributed by atoms with Crippen molar-refractivity contribution in [1.82, 2.24) is 9.97 Å². The Morgan fingerprint density at radius 1 is 1.21 bits per heavy atom. The first-order valence-electron chi connectivity index (χ1n) is 5.95. The van der Waals surface area contributed by atoms with Gasteiger partial charge in [-0.15, -0.1) is 11.6 Å². The second-order valence-electron chi connectivity index (χ2n) is 4.38. The second kappa shape index (κ2) is 6.22. The Kier molecular flexibility index (Phi) is 4.61. The van der Waals surface area contributed by atoms with Gasteiger partial charge in [-0.3, -0.25) is 0 Å². The number of nitrogens with zero attached hydrogens (tertiary/aromatic N) is 2. The molecule has 3 nitrogen and oxygen atoms in total. The minimum Gasteiger partial charge on any atom is -0.454 e. The maximum Gasteiger partial charge on any atom is 0.168 e. The third-order valence-corrected chi connectivity index (χ3v) is 3.04. The van der Waals surface area contributed by atoms with Gasteiger partial charge in [0.1, 0.15) is 17.3 Å². The van der Waals surface area contributed by atoms with Gasteiger partial charge in [0.05, 0.1) is 12.1 Å². The van der Waals surface area contributed by atoms with E-state index in [1.165, 1.54) is 0 Å². The normalized spacial score (nSPS) is 10.8. The van der Waals surface area contributed by atoms with Crippen molar-refractivity contribution in [1.29, 1.82) is 0 Å². The first kappa shape index (κ1) is 14.1. The van der Waals surface area contributed by atoms with Gasteiger partial charge in [-0.1, -0.05) is 25.4 Å². The maximum atomic E-state index is 5.91. The fourth-order valence-corrected chi connectivity index (χ4v) is 1.83. The Labute approximate surface area is 122 Å². The molecule has 5 heteroatoms. The fourth-order valence-electron chi connectivity index (χ4n) is 1.51. The van der Waals surface area contributed by atoms with Gasteiger partial charge >= 0.3 is 0 Å². The second-order valence-corrected chi connectivity index (χ2v) is 5.09. The number of ether oxygens (including phenoxy) is 1. The Hall–Kier alpha value is -1.32. The van der Waals surface area contributed by atoms with Gasteiger partial charge in [-0.2, -0.15) is 0 Å². The molecule has 0 saturated heterocycles. The molecule has 0 fully saturated rings. The van der Waals surface area contributed by atoms with Crippen LogP contribution in [0.5, 0.6) is 11.5 Å². The molecule has 0 aliphatic heterocycles. The maximum absolute atomic E-state index is 5.91. The molecule has 0 atom stereocenters. The summed E-state index contributed by atoms with van der Waals surface area (Å²) in [5.74, 6) is 2.55. The topological polar surface area (TPSA) is 35.0 Å². The van der Waals surface area contributed by atoms with Gasteiger partial charge in [-0.05, 0) is 24.3 Å². The summed E-state index contributed by atoms with van der Waals surface area (Å²) in [6.45, 7) is 4.07. The molecular weight excluding hydrogens is 283 g/mol. The van der Waals surface area contributed by atoms with Gasteiger partial charge in [0.15, 0.2) is 5.75 Å². The molecule has 0 amide bonds. The molecule has 100 valence electrons. The number of alkyl halides is 1. The summed E-state index contributed by atoms with van der Waals surface area (Å²) in [5, 5.41) is 0.663. The molecule has 0 radical (unpaired) electrons. The highest BCUT2D eigenvalue weighted by Crippen LogP contribution is 2.26. The molecule has 1 heterocycles. The Bertz CT molecular complexity index is 556. The van der Waals surface area contributed by atoms with Crippen LogP contribution in [0.2, 0.25) is 5.02 Å². The van der Waals surface area contributed by atoms with E-state index in [-0.39, 0.29) is 11.8 Å². The SMILES string of the molecule is CC(C)c1ncc(Oc2ccc(Cl)cc2)c(CCl)n1. The molecule has 0 aliphatic carbocycles. The first-order valence-corrected chi connectivity index (χ1v) is 6.86. The lowest BCUT2D eigenvalue weighted by Crippen LogP contribution is -2.02. The zero-order valence-corrected chi connectivity index (χ0v) is 12.2. The molecule has 0 spiro atoms.